The summed E-state index contributed by atoms with van der Waals surface area (Å²) >= 11 is 0. The fraction of sp³-hybridized carbons (Fsp3) is 0.273. The van der Waals surface area contributed by atoms with Gasteiger partial charge in [0, 0.05) is 31.0 Å². The summed E-state index contributed by atoms with van der Waals surface area (Å²) in [6, 6.07) is 11.9. The zero-order valence-corrected chi connectivity index (χ0v) is 15.4. The predicted octanol–water partition coefficient (Wildman–Crippen LogP) is 3.47. The van der Waals surface area contributed by atoms with Crippen LogP contribution in [0.3, 0.4) is 0 Å². The number of fused-ring (bicyclic) bond motifs is 2. The van der Waals surface area contributed by atoms with Gasteiger partial charge in [-0.3, -0.25) is 9.59 Å². The fourth-order valence-corrected chi connectivity index (χ4v) is 4.25. The van der Waals surface area contributed by atoms with Crippen molar-refractivity contribution in [3.05, 3.63) is 69.8 Å². The average Bonchev–Trinajstić information content (AvgIpc) is 3.36. The highest BCUT2D eigenvalue weighted by Gasteiger charge is 2.28. The van der Waals surface area contributed by atoms with Gasteiger partial charge in [-0.25, -0.2) is 4.39 Å². The Labute approximate surface area is 161 Å². The van der Waals surface area contributed by atoms with Crippen LogP contribution in [0.2, 0.25) is 0 Å². The molecule has 6 heteroatoms. The quantitative estimate of drug-likeness (QED) is 0.744. The van der Waals surface area contributed by atoms with E-state index in [4.69, 9.17) is 0 Å². The van der Waals surface area contributed by atoms with Crippen molar-refractivity contribution in [2.75, 3.05) is 29.4 Å². The van der Waals surface area contributed by atoms with Crippen molar-refractivity contribution in [1.29, 1.82) is 0 Å². The van der Waals surface area contributed by atoms with Crippen LogP contribution in [-0.4, -0.2) is 30.5 Å². The van der Waals surface area contributed by atoms with Crippen LogP contribution in [0.4, 0.5) is 15.8 Å². The van der Waals surface area contributed by atoms with Crippen LogP contribution < -0.4 is 15.4 Å². The molecule has 2 aliphatic rings. The number of halogens is 1. The second-order valence-corrected chi connectivity index (χ2v) is 7.46. The smallest absolute Gasteiger partial charge is 0.263 e. The highest BCUT2D eigenvalue weighted by molar-refractivity contribution is 6.08. The molecule has 1 aromatic heterocycles. The maximum absolute atomic E-state index is 13.4. The number of nitrogens with zero attached hydrogens (tertiary/aromatic N) is 2. The van der Waals surface area contributed by atoms with Gasteiger partial charge in [-0.2, -0.15) is 0 Å². The number of hydrogen-bond donors (Lipinski definition) is 1. The number of hydrogen-bond acceptors (Lipinski definition) is 3. The lowest BCUT2D eigenvalue weighted by Crippen LogP contribution is -2.33. The molecular weight excluding hydrogens is 357 g/mol. The molecule has 0 aliphatic carbocycles. The van der Waals surface area contributed by atoms with E-state index in [-0.39, 0.29) is 11.5 Å². The highest BCUT2D eigenvalue weighted by Crippen LogP contribution is 2.33. The molecule has 0 unspecified atom stereocenters. The molecule has 1 saturated heterocycles. The molecule has 142 valence electrons. The summed E-state index contributed by atoms with van der Waals surface area (Å²) in [5, 5.41) is 0.633. The van der Waals surface area contributed by atoms with Gasteiger partial charge in [0.25, 0.3) is 11.5 Å². The van der Waals surface area contributed by atoms with Crippen LogP contribution in [0.1, 0.15) is 28.8 Å². The summed E-state index contributed by atoms with van der Waals surface area (Å²) < 4.78 is 13.4. The molecule has 5 rings (SSSR count). The van der Waals surface area contributed by atoms with Gasteiger partial charge in [-0.05, 0) is 72.7 Å². The normalized spacial score (nSPS) is 16.0. The minimum Gasteiger partial charge on any atom is -0.372 e. The van der Waals surface area contributed by atoms with Gasteiger partial charge in [0.1, 0.15) is 11.4 Å². The molecule has 0 atom stereocenters. The Balaban J connectivity index is 1.49. The SMILES string of the molecule is O=C(c1cc2ccc(F)cc2[nH]c1=O)N1CCc2cc(N3CCCC3)ccc21. The van der Waals surface area contributed by atoms with Crippen molar-refractivity contribution < 1.29 is 9.18 Å². The van der Waals surface area contributed by atoms with E-state index in [9.17, 15) is 14.0 Å². The summed E-state index contributed by atoms with van der Waals surface area (Å²) in [6.07, 6.45) is 3.21. The maximum atomic E-state index is 13.4. The second kappa shape index (κ2) is 6.48. The number of benzene rings is 2. The van der Waals surface area contributed by atoms with Crippen molar-refractivity contribution in [1.82, 2.24) is 4.98 Å². The third kappa shape index (κ3) is 2.76. The monoisotopic (exact) mass is 377 g/mol. The number of carbonyl (C=O) groups excluding carboxylic acids is 1. The summed E-state index contributed by atoms with van der Waals surface area (Å²) in [7, 11) is 0. The van der Waals surface area contributed by atoms with E-state index >= 15 is 0 Å². The molecule has 2 aliphatic heterocycles. The van der Waals surface area contributed by atoms with E-state index in [1.807, 2.05) is 6.07 Å². The van der Waals surface area contributed by atoms with Gasteiger partial charge in [0.15, 0.2) is 0 Å². The number of pyridine rings is 1. The Bertz CT molecular complexity index is 1150. The Morgan fingerprint density at radius 1 is 1.00 bits per heavy atom. The minimum absolute atomic E-state index is 0.0792. The van der Waals surface area contributed by atoms with E-state index in [0.29, 0.717) is 17.4 Å². The van der Waals surface area contributed by atoms with Gasteiger partial charge in [0.2, 0.25) is 0 Å². The molecule has 1 fully saturated rings. The lowest BCUT2D eigenvalue weighted by Gasteiger charge is -2.20. The topological polar surface area (TPSA) is 56.4 Å². The Kier molecular flexibility index (Phi) is 3.93. The van der Waals surface area contributed by atoms with Crippen molar-refractivity contribution in [3.63, 3.8) is 0 Å². The van der Waals surface area contributed by atoms with E-state index in [0.717, 1.165) is 30.8 Å². The first kappa shape index (κ1) is 17.0. The molecular formula is C22H20FN3O2. The highest BCUT2D eigenvalue weighted by atomic mass is 19.1. The van der Waals surface area contributed by atoms with Crippen LogP contribution in [0.25, 0.3) is 10.9 Å². The standard InChI is InChI=1S/C22H20FN3O2/c23-16-4-3-14-12-18(21(27)24-19(14)13-16)22(28)26-10-7-15-11-17(5-6-20(15)26)25-8-1-2-9-25/h3-6,11-13H,1-2,7-10H2,(H,24,27). The maximum Gasteiger partial charge on any atom is 0.263 e. The van der Waals surface area contributed by atoms with Crippen LogP contribution >= 0.6 is 0 Å². The number of rotatable bonds is 2. The number of aromatic amines is 1. The zero-order chi connectivity index (χ0) is 19.3. The van der Waals surface area contributed by atoms with E-state index in [2.05, 4.69) is 22.0 Å². The molecule has 1 N–H and O–H groups in total. The van der Waals surface area contributed by atoms with E-state index in [1.54, 1.807) is 17.0 Å². The van der Waals surface area contributed by atoms with E-state index < -0.39 is 11.4 Å². The van der Waals surface area contributed by atoms with Gasteiger partial charge < -0.3 is 14.8 Å². The summed E-state index contributed by atoms with van der Waals surface area (Å²) in [5.74, 6) is -0.746. The third-order valence-electron chi connectivity index (χ3n) is 5.71. The molecule has 3 heterocycles. The van der Waals surface area contributed by atoms with Crippen molar-refractivity contribution in [2.45, 2.75) is 19.3 Å². The van der Waals surface area contributed by atoms with Crippen molar-refractivity contribution in [3.8, 4) is 0 Å². The number of carbonyl (C=O) groups is 1. The Hall–Kier alpha value is -3.15. The largest absolute Gasteiger partial charge is 0.372 e. The zero-order valence-electron chi connectivity index (χ0n) is 15.4. The second-order valence-electron chi connectivity index (χ2n) is 7.46. The number of H-pyrrole nitrogens is 1. The van der Waals surface area contributed by atoms with Crippen LogP contribution in [-0.2, 0) is 6.42 Å². The number of amides is 1. The van der Waals surface area contributed by atoms with Gasteiger partial charge in [-0.1, -0.05) is 0 Å². The molecule has 3 aromatic rings. The summed E-state index contributed by atoms with van der Waals surface area (Å²) in [4.78, 5) is 32.2. The number of anilines is 2. The van der Waals surface area contributed by atoms with Crippen molar-refractivity contribution >= 4 is 28.2 Å². The van der Waals surface area contributed by atoms with E-state index in [1.165, 1.54) is 30.7 Å². The Morgan fingerprint density at radius 3 is 2.64 bits per heavy atom. The Morgan fingerprint density at radius 2 is 1.82 bits per heavy atom. The molecule has 2 aromatic carbocycles. The number of nitrogens with one attached hydrogen (secondary N) is 1. The first-order valence-electron chi connectivity index (χ1n) is 9.62. The summed E-state index contributed by atoms with van der Waals surface area (Å²) in [5.41, 5.74) is 3.18. The molecule has 0 bridgehead atoms. The molecule has 0 spiro atoms. The van der Waals surface area contributed by atoms with Crippen LogP contribution in [0.15, 0.2) is 47.3 Å². The minimum atomic E-state index is -0.495. The van der Waals surface area contributed by atoms with Gasteiger partial charge in [0.05, 0.1) is 5.52 Å². The van der Waals surface area contributed by atoms with Crippen LogP contribution in [0.5, 0.6) is 0 Å². The fourth-order valence-electron chi connectivity index (χ4n) is 4.25. The first-order valence-corrected chi connectivity index (χ1v) is 9.62. The molecule has 0 radical (unpaired) electrons. The van der Waals surface area contributed by atoms with Crippen LogP contribution in [0, 0.1) is 5.82 Å². The number of aromatic nitrogens is 1. The predicted molar refractivity (Wildman–Crippen MR) is 108 cm³/mol. The molecule has 28 heavy (non-hydrogen) atoms. The van der Waals surface area contributed by atoms with Gasteiger partial charge in [-0.15, -0.1) is 0 Å². The lowest BCUT2D eigenvalue weighted by molar-refractivity contribution is 0.0988. The molecule has 1 amide bonds. The lowest BCUT2D eigenvalue weighted by atomic mass is 10.1. The molecule has 0 saturated carbocycles. The average molecular weight is 377 g/mol. The third-order valence-corrected chi connectivity index (χ3v) is 5.71. The van der Waals surface area contributed by atoms with Gasteiger partial charge >= 0.3 is 0 Å². The van der Waals surface area contributed by atoms with Crippen molar-refractivity contribution in [2.24, 2.45) is 0 Å². The first-order chi connectivity index (χ1) is 13.6. The summed E-state index contributed by atoms with van der Waals surface area (Å²) in [6.45, 7) is 2.71. The molecule has 5 nitrogen and oxygen atoms in total.